The summed E-state index contributed by atoms with van der Waals surface area (Å²) < 4.78 is 4.79. The number of carbonyl (C=O) groups is 1. The molecule has 0 aliphatic heterocycles. The number of hydrogen-bond acceptors (Lipinski definition) is 3. The quantitative estimate of drug-likeness (QED) is 0.658. The zero-order chi connectivity index (χ0) is 13.7. The highest BCUT2D eigenvalue weighted by Crippen LogP contribution is 2.11. The smallest absolute Gasteiger partial charge is 0.317 e. The molecular formula is C15H13NO3. The maximum absolute atomic E-state index is 11.7. The lowest BCUT2D eigenvalue weighted by Gasteiger charge is -1.99. The van der Waals surface area contributed by atoms with Gasteiger partial charge in [0, 0.05) is 23.2 Å². The average molecular weight is 255 g/mol. The first kappa shape index (κ1) is 12.9. The van der Waals surface area contributed by atoms with Gasteiger partial charge in [0.1, 0.15) is 6.42 Å². The molecule has 0 saturated carbocycles. The second-order valence-corrected chi connectivity index (χ2v) is 3.85. The summed E-state index contributed by atoms with van der Waals surface area (Å²) in [6.07, 6.45) is 1.63. The number of nitrogens with one attached hydrogen (secondary N) is 1. The van der Waals surface area contributed by atoms with Crippen molar-refractivity contribution < 1.29 is 9.53 Å². The fourth-order valence-corrected chi connectivity index (χ4v) is 1.73. The summed E-state index contributed by atoms with van der Waals surface area (Å²) >= 11 is 0. The van der Waals surface area contributed by atoms with Gasteiger partial charge in [-0.2, -0.15) is 0 Å². The molecule has 1 aromatic heterocycles. The van der Waals surface area contributed by atoms with Crippen LogP contribution < -0.4 is 5.43 Å². The van der Waals surface area contributed by atoms with Gasteiger partial charge in [0.25, 0.3) is 0 Å². The molecule has 96 valence electrons. The first-order valence-corrected chi connectivity index (χ1v) is 5.97. The number of benzene rings is 1. The molecule has 1 N–H and O–H groups in total. The minimum Gasteiger partial charge on any atom is -0.465 e. The van der Waals surface area contributed by atoms with E-state index in [1.165, 1.54) is 6.07 Å². The van der Waals surface area contributed by atoms with E-state index in [0.717, 1.165) is 0 Å². The van der Waals surface area contributed by atoms with Crippen LogP contribution in [0, 0.1) is 11.8 Å². The molecule has 2 rings (SSSR count). The van der Waals surface area contributed by atoms with E-state index >= 15 is 0 Å². The highest BCUT2D eigenvalue weighted by molar-refractivity contribution is 5.84. The standard InChI is InChI=1S/C15H13NO3/c1-2-19-14(18)8-4-6-11-5-3-7-12-13(17)9-10-16-15(11)12/h3,5,7,9-10H,2,8H2,1H3,(H,16,17). The molecular weight excluding hydrogens is 242 g/mol. The topological polar surface area (TPSA) is 59.2 Å². The Hall–Kier alpha value is -2.54. The van der Waals surface area contributed by atoms with Crippen molar-refractivity contribution in [1.29, 1.82) is 0 Å². The lowest BCUT2D eigenvalue weighted by atomic mass is 10.1. The van der Waals surface area contributed by atoms with Gasteiger partial charge in [0.05, 0.1) is 12.1 Å². The Morgan fingerprint density at radius 3 is 3.00 bits per heavy atom. The van der Waals surface area contributed by atoms with E-state index in [1.54, 1.807) is 31.3 Å². The van der Waals surface area contributed by atoms with Crippen molar-refractivity contribution in [2.24, 2.45) is 0 Å². The average Bonchev–Trinajstić information content (AvgIpc) is 2.40. The van der Waals surface area contributed by atoms with Crippen molar-refractivity contribution in [3.8, 4) is 11.8 Å². The Labute approximate surface area is 110 Å². The van der Waals surface area contributed by atoms with Gasteiger partial charge in [0.15, 0.2) is 5.43 Å². The Balaban J connectivity index is 2.32. The molecule has 19 heavy (non-hydrogen) atoms. The Morgan fingerprint density at radius 1 is 1.37 bits per heavy atom. The summed E-state index contributed by atoms with van der Waals surface area (Å²) in [5.74, 6) is 5.29. The summed E-state index contributed by atoms with van der Waals surface area (Å²) in [5.41, 5.74) is 1.33. The number of aromatic amines is 1. The van der Waals surface area contributed by atoms with Crippen LogP contribution in [0.5, 0.6) is 0 Å². The van der Waals surface area contributed by atoms with E-state index in [2.05, 4.69) is 16.8 Å². The van der Waals surface area contributed by atoms with E-state index in [9.17, 15) is 9.59 Å². The number of ether oxygens (including phenoxy) is 1. The summed E-state index contributed by atoms with van der Waals surface area (Å²) in [5, 5.41) is 0.588. The van der Waals surface area contributed by atoms with Crippen molar-refractivity contribution in [1.82, 2.24) is 4.98 Å². The lowest BCUT2D eigenvalue weighted by molar-refractivity contribution is -0.141. The fraction of sp³-hybridized carbons (Fsp3) is 0.200. The van der Waals surface area contributed by atoms with Crippen molar-refractivity contribution in [2.45, 2.75) is 13.3 Å². The molecule has 0 fully saturated rings. The molecule has 0 spiro atoms. The molecule has 0 radical (unpaired) electrons. The number of pyridine rings is 1. The van der Waals surface area contributed by atoms with E-state index in [4.69, 9.17) is 4.74 Å². The molecule has 0 saturated heterocycles. The minimum atomic E-state index is -0.344. The minimum absolute atomic E-state index is 0.0429. The SMILES string of the molecule is CCOC(=O)CC#Cc1cccc2c(=O)cc[nH]c12. The van der Waals surface area contributed by atoms with Crippen LogP contribution >= 0.6 is 0 Å². The Bertz CT molecular complexity index is 719. The largest absolute Gasteiger partial charge is 0.465 e. The van der Waals surface area contributed by atoms with Crippen molar-refractivity contribution in [2.75, 3.05) is 6.61 Å². The maximum atomic E-state index is 11.7. The van der Waals surface area contributed by atoms with Crippen LogP contribution in [0.15, 0.2) is 35.3 Å². The first-order chi connectivity index (χ1) is 9.22. The van der Waals surface area contributed by atoms with Gasteiger partial charge in [-0.1, -0.05) is 17.9 Å². The number of H-pyrrole nitrogens is 1. The molecule has 0 atom stereocenters. The molecule has 1 aromatic carbocycles. The number of esters is 1. The number of rotatable bonds is 2. The Morgan fingerprint density at radius 2 is 2.21 bits per heavy atom. The molecule has 0 aliphatic rings. The van der Waals surface area contributed by atoms with Crippen LogP contribution in [0.3, 0.4) is 0 Å². The van der Waals surface area contributed by atoms with Crippen LogP contribution in [-0.2, 0) is 9.53 Å². The summed E-state index contributed by atoms with van der Waals surface area (Å²) in [6, 6.07) is 6.78. The number of hydrogen-bond donors (Lipinski definition) is 1. The molecule has 1 heterocycles. The molecule has 0 unspecified atom stereocenters. The number of aromatic nitrogens is 1. The third kappa shape index (κ3) is 3.02. The number of carbonyl (C=O) groups excluding carboxylic acids is 1. The number of para-hydroxylation sites is 1. The molecule has 4 nitrogen and oxygen atoms in total. The van der Waals surface area contributed by atoms with Crippen LogP contribution in [-0.4, -0.2) is 17.6 Å². The zero-order valence-corrected chi connectivity index (χ0v) is 10.5. The monoisotopic (exact) mass is 255 g/mol. The van der Waals surface area contributed by atoms with E-state index in [-0.39, 0.29) is 17.8 Å². The fourth-order valence-electron chi connectivity index (χ4n) is 1.73. The van der Waals surface area contributed by atoms with Gasteiger partial charge >= 0.3 is 5.97 Å². The molecule has 0 amide bonds. The van der Waals surface area contributed by atoms with Crippen molar-refractivity contribution >= 4 is 16.9 Å². The summed E-state index contributed by atoms with van der Waals surface area (Å²) in [6.45, 7) is 2.10. The molecule has 0 bridgehead atoms. The lowest BCUT2D eigenvalue weighted by Crippen LogP contribution is -2.02. The van der Waals surface area contributed by atoms with Gasteiger partial charge in [-0.05, 0) is 19.1 Å². The summed E-state index contributed by atoms with van der Waals surface area (Å²) in [4.78, 5) is 25.8. The van der Waals surface area contributed by atoms with Gasteiger partial charge < -0.3 is 9.72 Å². The zero-order valence-electron chi connectivity index (χ0n) is 10.5. The van der Waals surface area contributed by atoms with E-state index < -0.39 is 0 Å². The normalized spacial score (nSPS) is 9.74. The second-order valence-electron chi connectivity index (χ2n) is 3.85. The van der Waals surface area contributed by atoms with E-state index in [1.807, 2.05) is 0 Å². The molecule has 4 heteroatoms. The first-order valence-electron chi connectivity index (χ1n) is 5.97. The van der Waals surface area contributed by atoms with Gasteiger partial charge in [-0.25, -0.2) is 0 Å². The highest BCUT2D eigenvalue weighted by atomic mass is 16.5. The third-order valence-corrected chi connectivity index (χ3v) is 2.55. The Kier molecular flexibility index (Phi) is 3.99. The number of fused-ring (bicyclic) bond motifs is 1. The van der Waals surface area contributed by atoms with Crippen molar-refractivity contribution in [3.05, 3.63) is 46.2 Å². The van der Waals surface area contributed by atoms with Crippen LogP contribution in [0.4, 0.5) is 0 Å². The predicted octanol–water partition coefficient (Wildman–Crippen LogP) is 1.83. The van der Waals surface area contributed by atoms with E-state index in [0.29, 0.717) is 23.1 Å². The highest BCUT2D eigenvalue weighted by Gasteiger charge is 2.01. The molecule has 0 aliphatic carbocycles. The third-order valence-electron chi connectivity index (χ3n) is 2.55. The summed E-state index contributed by atoms with van der Waals surface area (Å²) in [7, 11) is 0. The van der Waals surface area contributed by atoms with Crippen molar-refractivity contribution in [3.63, 3.8) is 0 Å². The van der Waals surface area contributed by atoms with Crippen LogP contribution in [0.25, 0.3) is 10.9 Å². The van der Waals surface area contributed by atoms with Crippen LogP contribution in [0.1, 0.15) is 18.9 Å². The second kappa shape index (κ2) is 5.87. The van der Waals surface area contributed by atoms with Gasteiger partial charge in [0.2, 0.25) is 0 Å². The van der Waals surface area contributed by atoms with Gasteiger partial charge in [-0.3, -0.25) is 9.59 Å². The van der Waals surface area contributed by atoms with Crippen LogP contribution in [0.2, 0.25) is 0 Å². The maximum Gasteiger partial charge on any atom is 0.317 e. The van der Waals surface area contributed by atoms with Gasteiger partial charge in [-0.15, -0.1) is 0 Å². The molecule has 2 aromatic rings. The predicted molar refractivity (Wildman–Crippen MR) is 72.7 cm³/mol.